The molecule has 1 unspecified atom stereocenters. The Kier molecular flexibility index (Phi) is 6.37. The number of benzene rings is 2. The van der Waals surface area contributed by atoms with E-state index in [1.165, 1.54) is 15.9 Å². The fourth-order valence-corrected chi connectivity index (χ4v) is 4.72. The van der Waals surface area contributed by atoms with E-state index >= 15 is 0 Å². The van der Waals surface area contributed by atoms with Crippen molar-refractivity contribution in [2.24, 2.45) is 0 Å². The maximum Gasteiger partial charge on any atom is 0.329 e. The highest BCUT2D eigenvalue weighted by molar-refractivity contribution is 7.17. The van der Waals surface area contributed by atoms with Gasteiger partial charge in [-0.1, -0.05) is 49.4 Å². The summed E-state index contributed by atoms with van der Waals surface area (Å²) in [6, 6.07) is 16.3. The molecule has 2 aromatic heterocycles. The normalized spacial score (nSPS) is 12.0. The molecule has 32 heavy (non-hydrogen) atoms. The molecular formula is C25H24N2O4S. The molecule has 6 nitrogen and oxygen atoms in total. The van der Waals surface area contributed by atoms with Crippen molar-refractivity contribution < 1.29 is 14.3 Å². The van der Waals surface area contributed by atoms with E-state index in [4.69, 9.17) is 9.47 Å². The maximum absolute atomic E-state index is 13.6. The molecule has 0 amide bonds. The number of methoxy groups -OCH3 is 1. The van der Waals surface area contributed by atoms with Gasteiger partial charge in [0.2, 0.25) is 0 Å². The average molecular weight is 449 g/mol. The minimum atomic E-state index is -0.744. The largest absolute Gasteiger partial charge is 0.497 e. The smallest absolute Gasteiger partial charge is 0.329 e. The van der Waals surface area contributed by atoms with Crippen LogP contribution in [0.2, 0.25) is 0 Å². The van der Waals surface area contributed by atoms with E-state index in [0.29, 0.717) is 22.5 Å². The van der Waals surface area contributed by atoms with Gasteiger partial charge < -0.3 is 9.47 Å². The zero-order valence-corrected chi connectivity index (χ0v) is 19.0. The zero-order valence-electron chi connectivity index (χ0n) is 18.2. The lowest BCUT2D eigenvalue weighted by Gasteiger charge is -2.19. The van der Waals surface area contributed by atoms with Crippen molar-refractivity contribution in [1.29, 1.82) is 0 Å². The van der Waals surface area contributed by atoms with E-state index in [-0.39, 0.29) is 12.2 Å². The number of hydrogen-bond acceptors (Lipinski definition) is 6. The molecule has 0 N–H and O–H groups in total. The molecule has 4 rings (SSSR count). The van der Waals surface area contributed by atoms with Gasteiger partial charge in [-0.15, -0.1) is 11.3 Å². The first-order valence-electron chi connectivity index (χ1n) is 10.4. The third-order valence-electron chi connectivity index (χ3n) is 5.41. The van der Waals surface area contributed by atoms with Crippen LogP contribution in [-0.4, -0.2) is 22.6 Å². The second-order valence-corrected chi connectivity index (χ2v) is 8.27. The summed E-state index contributed by atoms with van der Waals surface area (Å²) in [5.74, 6) is 0.796. The number of rotatable bonds is 7. The summed E-state index contributed by atoms with van der Waals surface area (Å²) in [6.07, 6.45) is 0.420. The summed E-state index contributed by atoms with van der Waals surface area (Å²) < 4.78 is 12.2. The predicted octanol–water partition coefficient (Wildman–Crippen LogP) is 5.14. The monoisotopic (exact) mass is 448 g/mol. The third kappa shape index (κ3) is 4.16. The van der Waals surface area contributed by atoms with E-state index in [2.05, 4.69) is 4.98 Å². The first-order chi connectivity index (χ1) is 15.5. The number of esters is 1. The molecule has 7 heteroatoms. The standard InChI is InChI=1S/C25H24N2O4S/c1-4-21(25(29)31-14-17-8-6-5-7-9-17)27-16(2)26-23-22(24(27)28)20(15-32-23)18-10-12-19(30-3)13-11-18/h5-13,15,21H,4,14H2,1-3H3. The van der Waals surface area contributed by atoms with Gasteiger partial charge in [-0.2, -0.15) is 0 Å². The number of fused-ring (bicyclic) bond motifs is 1. The SMILES string of the molecule is CCC(C(=O)OCc1ccccc1)n1c(C)nc2scc(-c3ccc(OC)cc3)c2c1=O. The zero-order chi connectivity index (χ0) is 22.7. The van der Waals surface area contributed by atoms with Gasteiger partial charge in [0.05, 0.1) is 12.5 Å². The molecule has 0 aliphatic heterocycles. The van der Waals surface area contributed by atoms with E-state index < -0.39 is 12.0 Å². The molecular weight excluding hydrogens is 424 g/mol. The molecule has 0 saturated heterocycles. The van der Waals surface area contributed by atoms with E-state index in [9.17, 15) is 9.59 Å². The van der Waals surface area contributed by atoms with E-state index in [0.717, 1.165) is 22.4 Å². The van der Waals surface area contributed by atoms with Gasteiger partial charge in [-0.25, -0.2) is 9.78 Å². The number of thiophene rings is 1. The number of ether oxygens (including phenoxy) is 2. The number of aromatic nitrogens is 2. The van der Waals surface area contributed by atoms with Crippen LogP contribution in [0.5, 0.6) is 5.75 Å². The number of aryl methyl sites for hydroxylation is 1. The van der Waals surface area contributed by atoms with Crippen molar-refractivity contribution in [3.05, 3.63) is 81.7 Å². The van der Waals surface area contributed by atoms with Gasteiger partial charge in [0, 0.05) is 10.9 Å². The molecule has 0 spiro atoms. The van der Waals surface area contributed by atoms with Gasteiger partial charge >= 0.3 is 5.97 Å². The van der Waals surface area contributed by atoms with Gasteiger partial charge in [0.25, 0.3) is 5.56 Å². The Hall–Kier alpha value is -3.45. The molecule has 0 fully saturated rings. The van der Waals surface area contributed by atoms with Gasteiger partial charge in [0.1, 0.15) is 29.1 Å². The summed E-state index contributed by atoms with van der Waals surface area (Å²) in [6.45, 7) is 3.78. The number of nitrogens with zero attached hydrogens (tertiary/aromatic N) is 2. The molecule has 164 valence electrons. The molecule has 2 heterocycles. The summed E-state index contributed by atoms with van der Waals surface area (Å²) in [5, 5.41) is 2.44. The highest BCUT2D eigenvalue weighted by Gasteiger charge is 2.26. The van der Waals surface area contributed by atoms with Crippen LogP contribution in [0, 0.1) is 6.92 Å². The van der Waals surface area contributed by atoms with Crippen LogP contribution < -0.4 is 10.3 Å². The van der Waals surface area contributed by atoms with Crippen LogP contribution in [0.4, 0.5) is 0 Å². The molecule has 4 aromatic rings. The Labute approximate surface area is 190 Å². The van der Waals surface area contributed by atoms with Gasteiger partial charge in [-0.05, 0) is 36.6 Å². The minimum Gasteiger partial charge on any atom is -0.497 e. The highest BCUT2D eigenvalue weighted by Crippen LogP contribution is 2.32. The van der Waals surface area contributed by atoms with Crippen molar-refractivity contribution >= 4 is 27.5 Å². The lowest BCUT2D eigenvalue weighted by atomic mass is 10.1. The van der Waals surface area contributed by atoms with Crippen molar-refractivity contribution in [2.75, 3.05) is 7.11 Å². The Morgan fingerprint density at radius 2 is 1.84 bits per heavy atom. The molecule has 0 aliphatic rings. The molecule has 0 radical (unpaired) electrons. The maximum atomic E-state index is 13.6. The summed E-state index contributed by atoms with van der Waals surface area (Å²) in [7, 11) is 1.61. The number of carbonyl (C=O) groups excluding carboxylic acids is 1. The van der Waals surface area contributed by atoms with Gasteiger partial charge in [0.15, 0.2) is 0 Å². The van der Waals surface area contributed by atoms with Crippen LogP contribution in [0.3, 0.4) is 0 Å². The second kappa shape index (κ2) is 9.36. The lowest BCUT2D eigenvalue weighted by molar-refractivity contribution is -0.149. The predicted molar refractivity (Wildman–Crippen MR) is 126 cm³/mol. The van der Waals surface area contributed by atoms with Gasteiger partial charge in [-0.3, -0.25) is 9.36 Å². The molecule has 0 bridgehead atoms. The molecule has 0 aliphatic carbocycles. The van der Waals surface area contributed by atoms with Crippen molar-refractivity contribution in [1.82, 2.24) is 9.55 Å². The average Bonchev–Trinajstić information content (AvgIpc) is 3.24. The van der Waals surface area contributed by atoms with Crippen LogP contribution in [0.15, 0.2) is 64.8 Å². The Morgan fingerprint density at radius 3 is 2.50 bits per heavy atom. The van der Waals surface area contributed by atoms with E-state index in [1.54, 1.807) is 14.0 Å². The Morgan fingerprint density at radius 1 is 1.12 bits per heavy atom. The number of carbonyl (C=O) groups is 1. The van der Waals surface area contributed by atoms with Crippen LogP contribution >= 0.6 is 11.3 Å². The van der Waals surface area contributed by atoms with Crippen LogP contribution in [0.25, 0.3) is 21.3 Å². The second-order valence-electron chi connectivity index (χ2n) is 7.41. The highest BCUT2D eigenvalue weighted by atomic mass is 32.1. The van der Waals surface area contributed by atoms with Crippen LogP contribution in [0.1, 0.15) is 30.8 Å². The molecule has 1 atom stereocenters. The molecule has 0 saturated carbocycles. The Balaban J connectivity index is 1.72. The molecule has 2 aromatic carbocycles. The summed E-state index contributed by atoms with van der Waals surface area (Å²) in [5.41, 5.74) is 2.36. The fourth-order valence-electron chi connectivity index (χ4n) is 3.73. The minimum absolute atomic E-state index is 0.162. The first-order valence-corrected chi connectivity index (χ1v) is 11.3. The van der Waals surface area contributed by atoms with Crippen molar-refractivity contribution in [2.45, 2.75) is 32.9 Å². The van der Waals surface area contributed by atoms with Crippen molar-refractivity contribution in [3.63, 3.8) is 0 Å². The topological polar surface area (TPSA) is 70.4 Å². The lowest BCUT2D eigenvalue weighted by Crippen LogP contribution is -2.33. The number of hydrogen-bond donors (Lipinski definition) is 0. The van der Waals surface area contributed by atoms with Crippen LogP contribution in [-0.2, 0) is 16.1 Å². The van der Waals surface area contributed by atoms with E-state index in [1.807, 2.05) is 66.9 Å². The first kappa shape index (κ1) is 21.8. The Bertz CT molecular complexity index is 1290. The quantitative estimate of drug-likeness (QED) is 0.366. The summed E-state index contributed by atoms with van der Waals surface area (Å²) in [4.78, 5) is 31.8. The third-order valence-corrected chi connectivity index (χ3v) is 6.28. The van der Waals surface area contributed by atoms with Crippen molar-refractivity contribution in [3.8, 4) is 16.9 Å². The fraction of sp³-hybridized carbons (Fsp3) is 0.240. The summed E-state index contributed by atoms with van der Waals surface area (Å²) >= 11 is 1.42.